The van der Waals surface area contributed by atoms with Gasteiger partial charge in [0, 0.05) is 11.1 Å². The minimum absolute atomic E-state index is 0.0319. The molecule has 0 saturated carbocycles. The van der Waals surface area contributed by atoms with Crippen LogP contribution in [0.3, 0.4) is 0 Å². The third kappa shape index (κ3) is 4.03. The monoisotopic (exact) mass is 522 g/mol. The van der Waals surface area contributed by atoms with Crippen molar-refractivity contribution in [3.05, 3.63) is 70.8 Å². The van der Waals surface area contributed by atoms with Crippen LogP contribution in [0.15, 0.2) is 48.5 Å². The Morgan fingerprint density at radius 3 is 1.20 bits per heavy atom. The summed E-state index contributed by atoms with van der Waals surface area (Å²) in [4.78, 5) is 12.4. The topological polar surface area (TPSA) is 17.1 Å². The normalized spacial score (nSPS) is 11.1. The second-order valence-electron chi connectivity index (χ2n) is 4.17. The summed E-state index contributed by atoms with van der Waals surface area (Å²) in [5.74, 6) is 0.0319. The van der Waals surface area contributed by atoms with E-state index in [0.29, 0.717) is 11.1 Å². The highest BCUT2D eigenvalue weighted by Gasteiger charge is 2.11. The van der Waals surface area contributed by atoms with Gasteiger partial charge in [-0.2, -0.15) is 0 Å². The average molecular weight is 526 g/mol. The van der Waals surface area contributed by atoms with Crippen molar-refractivity contribution < 1.29 is 4.79 Å². The van der Waals surface area contributed by atoms with Gasteiger partial charge in [0.15, 0.2) is 5.78 Å². The molecule has 0 heterocycles. The maximum Gasteiger partial charge on any atom is 0.193 e. The molecule has 0 N–H and O–H groups in total. The summed E-state index contributed by atoms with van der Waals surface area (Å²) in [6.07, 6.45) is 0. The van der Waals surface area contributed by atoms with Gasteiger partial charge >= 0.3 is 0 Å². The minimum atomic E-state index is 0.0319. The van der Waals surface area contributed by atoms with E-state index in [9.17, 15) is 4.79 Å². The van der Waals surface area contributed by atoms with Gasteiger partial charge in [-0.05, 0) is 11.1 Å². The van der Waals surface area contributed by atoms with E-state index >= 15 is 0 Å². The quantitative estimate of drug-likeness (QED) is 0.329. The third-order valence-electron chi connectivity index (χ3n) is 2.85. The van der Waals surface area contributed by atoms with Gasteiger partial charge in [-0.3, -0.25) is 4.79 Å². The van der Waals surface area contributed by atoms with Crippen LogP contribution >= 0.6 is 63.7 Å². The Balaban J connectivity index is 2.22. The molecular weight excluding hydrogens is 516 g/mol. The number of hydrogen-bond donors (Lipinski definition) is 0. The molecule has 0 aliphatic rings. The van der Waals surface area contributed by atoms with Crippen molar-refractivity contribution in [1.29, 1.82) is 0 Å². The lowest BCUT2D eigenvalue weighted by Crippen LogP contribution is -2.01. The molecular formula is C15H10Br4O. The lowest BCUT2D eigenvalue weighted by atomic mass is 10.0. The number of benzene rings is 2. The molecule has 2 rings (SSSR count). The SMILES string of the molecule is O=C(c1ccc(C(Br)Br)cc1)c1ccc(C(Br)Br)cc1. The van der Waals surface area contributed by atoms with E-state index in [-0.39, 0.29) is 13.3 Å². The summed E-state index contributed by atoms with van der Waals surface area (Å²) < 4.78 is 0.210. The average Bonchev–Trinajstić information content (AvgIpc) is 2.46. The van der Waals surface area contributed by atoms with Crippen molar-refractivity contribution in [3.63, 3.8) is 0 Å². The van der Waals surface area contributed by atoms with E-state index in [1.807, 2.05) is 48.5 Å². The molecule has 0 radical (unpaired) electrons. The molecule has 104 valence electrons. The summed E-state index contributed by atoms with van der Waals surface area (Å²) in [6.45, 7) is 0. The fourth-order valence-corrected chi connectivity index (χ4v) is 2.95. The molecule has 0 unspecified atom stereocenters. The maximum atomic E-state index is 12.4. The first kappa shape index (κ1) is 16.4. The first-order valence-electron chi connectivity index (χ1n) is 5.80. The number of alkyl halides is 4. The third-order valence-corrected chi connectivity index (χ3v) is 4.96. The van der Waals surface area contributed by atoms with Crippen LogP contribution in [0.5, 0.6) is 0 Å². The van der Waals surface area contributed by atoms with Gasteiger partial charge < -0.3 is 0 Å². The maximum absolute atomic E-state index is 12.4. The predicted molar refractivity (Wildman–Crippen MR) is 97.5 cm³/mol. The van der Waals surface area contributed by atoms with Crippen LogP contribution in [0.2, 0.25) is 0 Å². The molecule has 0 aliphatic carbocycles. The van der Waals surface area contributed by atoms with Crippen LogP contribution in [0.4, 0.5) is 0 Å². The van der Waals surface area contributed by atoms with Crippen molar-refractivity contribution in [2.75, 3.05) is 0 Å². The molecule has 2 aromatic carbocycles. The lowest BCUT2D eigenvalue weighted by Gasteiger charge is -2.06. The summed E-state index contributed by atoms with van der Waals surface area (Å²) in [6, 6.07) is 15.1. The first-order chi connectivity index (χ1) is 9.49. The molecule has 0 bridgehead atoms. The Morgan fingerprint density at radius 1 is 0.650 bits per heavy atom. The van der Waals surface area contributed by atoms with Gasteiger partial charge in [-0.1, -0.05) is 112 Å². The van der Waals surface area contributed by atoms with Crippen LogP contribution in [-0.2, 0) is 0 Å². The number of carbonyl (C=O) groups excluding carboxylic acids is 1. The molecule has 0 atom stereocenters. The van der Waals surface area contributed by atoms with Crippen molar-refractivity contribution in [1.82, 2.24) is 0 Å². The first-order valence-corrected chi connectivity index (χ1v) is 9.46. The summed E-state index contributed by atoms with van der Waals surface area (Å²) in [7, 11) is 0. The Morgan fingerprint density at radius 2 is 0.950 bits per heavy atom. The highest BCUT2D eigenvalue weighted by molar-refractivity contribution is 9.24. The van der Waals surface area contributed by atoms with E-state index in [4.69, 9.17) is 0 Å². The zero-order chi connectivity index (χ0) is 14.7. The van der Waals surface area contributed by atoms with Gasteiger partial charge in [0.25, 0.3) is 0 Å². The molecule has 0 spiro atoms. The van der Waals surface area contributed by atoms with Crippen LogP contribution in [0.25, 0.3) is 0 Å². The van der Waals surface area contributed by atoms with E-state index in [0.717, 1.165) is 11.1 Å². The summed E-state index contributed by atoms with van der Waals surface area (Å²) in [5.41, 5.74) is 3.55. The fourth-order valence-electron chi connectivity index (χ4n) is 1.73. The van der Waals surface area contributed by atoms with Crippen molar-refractivity contribution >= 4 is 69.5 Å². The van der Waals surface area contributed by atoms with Crippen molar-refractivity contribution in [3.8, 4) is 0 Å². The van der Waals surface area contributed by atoms with Gasteiger partial charge in [0.2, 0.25) is 0 Å². The molecule has 0 amide bonds. The molecule has 2 aromatic rings. The molecule has 0 aliphatic heterocycles. The second kappa shape index (κ2) is 7.34. The molecule has 0 saturated heterocycles. The zero-order valence-corrected chi connectivity index (χ0v) is 16.5. The highest BCUT2D eigenvalue weighted by Crippen LogP contribution is 2.30. The number of carbonyl (C=O) groups is 1. The van der Waals surface area contributed by atoms with Gasteiger partial charge in [0.05, 0.1) is 7.47 Å². The number of ketones is 1. The number of halogens is 4. The van der Waals surface area contributed by atoms with E-state index in [1.165, 1.54) is 0 Å². The summed E-state index contributed by atoms with van der Waals surface area (Å²) in [5, 5.41) is 0. The standard InChI is InChI=1S/C15H10Br4O/c16-14(17)11-5-1-9(2-6-11)13(20)10-3-7-12(8-4-10)15(18)19/h1-8,14-15H. The van der Waals surface area contributed by atoms with E-state index in [1.54, 1.807) is 0 Å². The Hall–Kier alpha value is 0.0300. The molecule has 5 heteroatoms. The highest BCUT2D eigenvalue weighted by atomic mass is 79.9. The van der Waals surface area contributed by atoms with Crippen LogP contribution in [0, 0.1) is 0 Å². The fraction of sp³-hybridized carbons (Fsp3) is 0.133. The van der Waals surface area contributed by atoms with Crippen molar-refractivity contribution in [2.24, 2.45) is 0 Å². The Labute approximate surface area is 151 Å². The van der Waals surface area contributed by atoms with E-state index < -0.39 is 0 Å². The minimum Gasteiger partial charge on any atom is -0.289 e. The summed E-state index contributed by atoms with van der Waals surface area (Å²) >= 11 is 13.7. The Kier molecular flexibility index (Phi) is 6.02. The molecule has 0 aromatic heterocycles. The van der Waals surface area contributed by atoms with Crippen LogP contribution < -0.4 is 0 Å². The second-order valence-corrected chi connectivity index (χ2v) is 10.3. The largest absolute Gasteiger partial charge is 0.289 e. The Bertz CT molecular complexity index is 535. The predicted octanol–water partition coefficient (Wildman–Crippen LogP) is 6.49. The van der Waals surface area contributed by atoms with Gasteiger partial charge in [-0.15, -0.1) is 0 Å². The van der Waals surface area contributed by atoms with Gasteiger partial charge in [-0.25, -0.2) is 0 Å². The molecule has 1 nitrogen and oxygen atoms in total. The molecule has 20 heavy (non-hydrogen) atoms. The van der Waals surface area contributed by atoms with Crippen LogP contribution in [0.1, 0.15) is 34.5 Å². The molecule has 0 fully saturated rings. The van der Waals surface area contributed by atoms with Gasteiger partial charge in [0.1, 0.15) is 0 Å². The van der Waals surface area contributed by atoms with Crippen LogP contribution in [-0.4, -0.2) is 5.78 Å². The number of hydrogen-bond acceptors (Lipinski definition) is 1. The van der Waals surface area contributed by atoms with E-state index in [2.05, 4.69) is 63.7 Å². The van der Waals surface area contributed by atoms with Crippen molar-refractivity contribution in [2.45, 2.75) is 7.47 Å². The smallest absolute Gasteiger partial charge is 0.193 e. The lowest BCUT2D eigenvalue weighted by molar-refractivity contribution is 0.103. The number of rotatable bonds is 4. The zero-order valence-electron chi connectivity index (χ0n) is 10.2.